The first-order valence-electron chi connectivity index (χ1n) is 21.5. The van der Waals surface area contributed by atoms with Crippen molar-refractivity contribution in [3.05, 3.63) is 215 Å². The maximum Gasteiger partial charge on any atom is 0.0582 e. The molecule has 0 bridgehead atoms. The SMILES string of the molecule is C=C(CCC1=C(C)c2c(ccn2Sc2ccccc2)CC1)c1ccc2ccc(-c3ccc(C(CC)c4ccc5c(c4-c4ccccc4N)Cc4ccccc4-5)cc3)cc2c1. The van der Waals surface area contributed by atoms with Gasteiger partial charge in [-0.05, 0) is 177 Å². The van der Waals surface area contributed by atoms with Crippen molar-refractivity contribution >= 4 is 39.6 Å². The minimum atomic E-state index is 0.238. The topological polar surface area (TPSA) is 30.9 Å². The average molecular weight is 795 g/mol. The molecule has 3 heteroatoms. The Labute approximate surface area is 359 Å². The third kappa shape index (κ3) is 7.01. The minimum Gasteiger partial charge on any atom is -0.398 e. The van der Waals surface area contributed by atoms with Gasteiger partial charge in [0, 0.05) is 28.3 Å². The van der Waals surface area contributed by atoms with Gasteiger partial charge in [-0.25, -0.2) is 0 Å². The van der Waals surface area contributed by atoms with Crippen LogP contribution in [-0.4, -0.2) is 3.97 Å². The van der Waals surface area contributed by atoms with E-state index in [0.717, 1.165) is 49.8 Å². The molecule has 2 nitrogen and oxygen atoms in total. The molecule has 2 aliphatic carbocycles. The van der Waals surface area contributed by atoms with E-state index in [1.807, 2.05) is 12.1 Å². The van der Waals surface area contributed by atoms with E-state index in [9.17, 15) is 0 Å². The predicted molar refractivity (Wildman–Crippen MR) is 257 cm³/mol. The van der Waals surface area contributed by atoms with Crippen molar-refractivity contribution < 1.29 is 0 Å². The number of aryl methyl sites for hydroxylation is 1. The highest BCUT2D eigenvalue weighted by Gasteiger charge is 2.28. The summed E-state index contributed by atoms with van der Waals surface area (Å²) < 4.78 is 2.36. The van der Waals surface area contributed by atoms with Crippen molar-refractivity contribution in [2.24, 2.45) is 0 Å². The number of hydrogen-bond acceptors (Lipinski definition) is 2. The van der Waals surface area contributed by atoms with Crippen LogP contribution in [0.2, 0.25) is 0 Å². The molecule has 0 radical (unpaired) electrons. The van der Waals surface area contributed by atoms with Crippen LogP contribution in [0.15, 0.2) is 181 Å². The highest BCUT2D eigenvalue weighted by atomic mass is 32.2. The van der Waals surface area contributed by atoms with Gasteiger partial charge in [0.15, 0.2) is 0 Å². The molecule has 10 rings (SSSR count). The monoisotopic (exact) mass is 794 g/mol. The maximum absolute atomic E-state index is 6.73. The number of nitrogens with zero attached hydrogens (tertiary/aromatic N) is 1. The summed E-state index contributed by atoms with van der Waals surface area (Å²) in [6.45, 7) is 9.23. The molecular weight excluding hydrogens is 745 g/mol. The van der Waals surface area contributed by atoms with Gasteiger partial charge in [0.05, 0.1) is 5.69 Å². The van der Waals surface area contributed by atoms with Gasteiger partial charge in [0.2, 0.25) is 0 Å². The van der Waals surface area contributed by atoms with Crippen LogP contribution in [-0.2, 0) is 12.8 Å². The van der Waals surface area contributed by atoms with E-state index < -0.39 is 0 Å². The Hall–Kier alpha value is -6.29. The van der Waals surface area contributed by atoms with Gasteiger partial charge in [0.1, 0.15) is 0 Å². The molecule has 294 valence electrons. The molecule has 1 unspecified atom stereocenters. The van der Waals surface area contributed by atoms with Crippen molar-refractivity contribution in [1.29, 1.82) is 0 Å². The Morgan fingerprint density at radius 3 is 2.27 bits per heavy atom. The molecule has 1 aromatic heterocycles. The van der Waals surface area contributed by atoms with E-state index in [0.29, 0.717) is 0 Å². The van der Waals surface area contributed by atoms with E-state index in [-0.39, 0.29) is 5.92 Å². The standard InChI is InChI=1S/C57H50N2S/c1-4-49(52-31-30-51-50-15-9-8-12-46(50)36-54(51)56(52)53-16-10-11-17-55(53)58)42-25-21-40(22-26-42)45-29-24-41-23-28-44(34-47(41)35-45)37(2)18-19-39-20-27-43-32-33-59(57(43)38(39)3)60-48-13-6-5-7-14-48/h5-17,21-26,28-35,49H,2,4,18-20,27,36,58H2,1,3H3. The highest BCUT2D eigenvalue weighted by Crippen LogP contribution is 2.48. The third-order valence-corrected chi connectivity index (χ3v) is 14.1. The summed E-state index contributed by atoms with van der Waals surface area (Å²) in [4.78, 5) is 1.26. The Bertz CT molecular complexity index is 2950. The lowest BCUT2D eigenvalue weighted by Crippen LogP contribution is -2.05. The lowest BCUT2D eigenvalue weighted by atomic mass is 9.80. The van der Waals surface area contributed by atoms with Crippen molar-refractivity contribution in [2.45, 2.75) is 63.2 Å². The molecule has 1 heterocycles. The number of anilines is 1. The molecule has 1 atom stereocenters. The molecule has 8 aromatic rings. The minimum absolute atomic E-state index is 0.238. The molecule has 0 aliphatic heterocycles. The average Bonchev–Trinajstić information content (AvgIpc) is 3.88. The van der Waals surface area contributed by atoms with Gasteiger partial charge in [-0.3, -0.25) is 3.97 Å². The van der Waals surface area contributed by atoms with E-state index in [1.165, 1.54) is 93.7 Å². The fourth-order valence-electron chi connectivity index (χ4n) is 9.88. The molecule has 0 fully saturated rings. The van der Waals surface area contributed by atoms with Gasteiger partial charge in [-0.1, -0.05) is 140 Å². The fraction of sp³-hybridized carbons (Fsp3) is 0.158. The zero-order chi connectivity index (χ0) is 40.7. The molecule has 0 amide bonds. The first-order valence-corrected chi connectivity index (χ1v) is 22.2. The number of para-hydroxylation sites is 1. The van der Waals surface area contributed by atoms with Gasteiger partial charge in [0.25, 0.3) is 0 Å². The molecule has 2 aliphatic rings. The van der Waals surface area contributed by atoms with Gasteiger partial charge >= 0.3 is 0 Å². The van der Waals surface area contributed by atoms with Crippen LogP contribution in [0.25, 0.3) is 55.3 Å². The highest BCUT2D eigenvalue weighted by molar-refractivity contribution is 7.97. The molecule has 2 N–H and O–H groups in total. The van der Waals surface area contributed by atoms with Crippen LogP contribution < -0.4 is 5.73 Å². The Morgan fingerprint density at radius 2 is 1.45 bits per heavy atom. The Morgan fingerprint density at radius 1 is 0.700 bits per heavy atom. The van der Waals surface area contributed by atoms with E-state index >= 15 is 0 Å². The zero-order valence-electron chi connectivity index (χ0n) is 34.5. The van der Waals surface area contributed by atoms with E-state index in [4.69, 9.17) is 5.73 Å². The maximum atomic E-state index is 6.73. The summed E-state index contributed by atoms with van der Waals surface area (Å²) in [6, 6.07) is 57.9. The normalized spacial score (nSPS) is 13.6. The summed E-state index contributed by atoms with van der Waals surface area (Å²) in [5, 5.41) is 2.50. The number of aromatic nitrogens is 1. The summed E-state index contributed by atoms with van der Waals surface area (Å²) in [6.07, 6.45) is 8.37. The number of benzene rings is 7. The zero-order valence-corrected chi connectivity index (χ0v) is 35.4. The largest absolute Gasteiger partial charge is 0.398 e. The first kappa shape index (κ1) is 37.9. The second kappa shape index (κ2) is 16.0. The number of rotatable bonds is 11. The van der Waals surface area contributed by atoms with Gasteiger partial charge in [-0.15, -0.1) is 0 Å². The predicted octanol–water partition coefficient (Wildman–Crippen LogP) is 15.4. The van der Waals surface area contributed by atoms with Crippen molar-refractivity contribution in [2.75, 3.05) is 5.73 Å². The third-order valence-electron chi connectivity index (χ3n) is 13.1. The number of nitrogen functional groups attached to an aromatic ring is 1. The van der Waals surface area contributed by atoms with Crippen LogP contribution in [0.3, 0.4) is 0 Å². The molecule has 60 heavy (non-hydrogen) atoms. The van der Waals surface area contributed by atoms with Crippen LogP contribution >= 0.6 is 11.9 Å². The van der Waals surface area contributed by atoms with Crippen LogP contribution in [0, 0.1) is 0 Å². The molecular formula is C57H50N2S. The van der Waals surface area contributed by atoms with Crippen molar-refractivity contribution in [1.82, 2.24) is 3.97 Å². The quantitative estimate of drug-likeness (QED) is 0.132. The molecule has 0 saturated heterocycles. The molecule has 7 aromatic carbocycles. The van der Waals surface area contributed by atoms with Crippen molar-refractivity contribution in [3.8, 4) is 33.4 Å². The van der Waals surface area contributed by atoms with E-state index in [2.05, 4.69) is 176 Å². The number of nitrogens with two attached hydrogens (primary N) is 1. The number of allylic oxidation sites excluding steroid dienone is 3. The number of hydrogen-bond donors (Lipinski definition) is 1. The second-order valence-corrected chi connectivity index (χ2v) is 17.6. The summed E-state index contributed by atoms with van der Waals surface area (Å²) in [5.41, 5.74) is 28.8. The second-order valence-electron chi connectivity index (χ2n) is 16.6. The Kier molecular flexibility index (Phi) is 10.2. The lowest BCUT2D eigenvalue weighted by Gasteiger charge is -2.24. The summed E-state index contributed by atoms with van der Waals surface area (Å²) >= 11 is 1.80. The summed E-state index contributed by atoms with van der Waals surface area (Å²) in [7, 11) is 0. The van der Waals surface area contributed by atoms with Crippen LogP contribution in [0.4, 0.5) is 5.69 Å². The Balaban J connectivity index is 0.889. The fourth-order valence-corrected chi connectivity index (χ4v) is 10.9. The molecule has 0 saturated carbocycles. The van der Waals surface area contributed by atoms with Gasteiger partial charge in [-0.2, -0.15) is 0 Å². The number of fused-ring (bicyclic) bond motifs is 5. The van der Waals surface area contributed by atoms with E-state index in [1.54, 1.807) is 17.5 Å². The summed E-state index contributed by atoms with van der Waals surface area (Å²) in [5.74, 6) is 0.238. The van der Waals surface area contributed by atoms with Crippen LogP contribution in [0.5, 0.6) is 0 Å². The lowest BCUT2D eigenvalue weighted by molar-refractivity contribution is 0.778. The first-order chi connectivity index (χ1) is 29.4. The van der Waals surface area contributed by atoms with Gasteiger partial charge < -0.3 is 5.73 Å². The molecule has 0 spiro atoms. The van der Waals surface area contributed by atoms with Crippen LogP contribution in [0.1, 0.15) is 84.5 Å². The van der Waals surface area contributed by atoms with Crippen molar-refractivity contribution in [3.63, 3.8) is 0 Å². The smallest absolute Gasteiger partial charge is 0.0582 e.